The molecule has 4 heteroatoms. The maximum Gasteiger partial charge on any atom is 0.222 e. The molecule has 0 radical (unpaired) electrons. The number of amides is 1. The van der Waals surface area contributed by atoms with Crippen LogP contribution in [0.5, 0.6) is 0 Å². The zero-order valence-corrected chi connectivity index (χ0v) is 16.3. The summed E-state index contributed by atoms with van der Waals surface area (Å²) in [6.07, 6.45) is 1.40. The monoisotopic (exact) mass is 400 g/mol. The molecule has 0 N–H and O–H groups in total. The lowest BCUT2D eigenvalue weighted by molar-refractivity contribution is -0.133. The Bertz CT molecular complexity index is 723. The van der Waals surface area contributed by atoms with Gasteiger partial charge in [-0.2, -0.15) is 0 Å². The first kappa shape index (κ1) is 18.2. The van der Waals surface area contributed by atoms with E-state index in [0.717, 1.165) is 43.6 Å². The van der Waals surface area contributed by atoms with Gasteiger partial charge in [0.1, 0.15) is 0 Å². The van der Waals surface area contributed by atoms with Crippen molar-refractivity contribution in [2.75, 3.05) is 26.2 Å². The van der Waals surface area contributed by atoms with Gasteiger partial charge in [-0.05, 0) is 36.6 Å². The molecular formula is C21H25BrN2O. The van der Waals surface area contributed by atoms with Crippen molar-refractivity contribution >= 4 is 21.8 Å². The van der Waals surface area contributed by atoms with E-state index in [1.165, 1.54) is 16.7 Å². The molecule has 1 amide bonds. The molecule has 0 atom stereocenters. The first-order valence-corrected chi connectivity index (χ1v) is 9.69. The molecule has 1 aliphatic rings. The van der Waals surface area contributed by atoms with Crippen LogP contribution in [0.4, 0.5) is 0 Å². The van der Waals surface area contributed by atoms with Gasteiger partial charge in [-0.1, -0.05) is 57.9 Å². The molecule has 3 rings (SSSR count). The standard InChI is InChI=1S/C21H25BrN2O/c1-17-4-2-6-19(14-17)16-23-10-12-24(13-11-23)21(25)9-8-18-5-3-7-20(22)15-18/h2-7,14-15H,8-13,16H2,1H3. The van der Waals surface area contributed by atoms with Crippen LogP contribution in [0, 0.1) is 6.92 Å². The van der Waals surface area contributed by atoms with Crippen molar-refractivity contribution < 1.29 is 4.79 Å². The second kappa shape index (κ2) is 8.63. The van der Waals surface area contributed by atoms with Gasteiger partial charge in [-0.15, -0.1) is 0 Å². The number of halogens is 1. The highest BCUT2D eigenvalue weighted by Gasteiger charge is 2.20. The van der Waals surface area contributed by atoms with E-state index in [9.17, 15) is 4.79 Å². The highest BCUT2D eigenvalue weighted by Crippen LogP contribution is 2.15. The third kappa shape index (κ3) is 5.41. The highest BCUT2D eigenvalue weighted by molar-refractivity contribution is 9.10. The minimum Gasteiger partial charge on any atom is -0.340 e. The molecule has 0 aromatic heterocycles. The fraction of sp³-hybridized carbons (Fsp3) is 0.381. The summed E-state index contributed by atoms with van der Waals surface area (Å²) < 4.78 is 1.07. The van der Waals surface area contributed by atoms with Crippen molar-refractivity contribution in [2.24, 2.45) is 0 Å². The van der Waals surface area contributed by atoms with Crippen LogP contribution in [0.25, 0.3) is 0 Å². The van der Waals surface area contributed by atoms with E-state index in [-0.39, 0.29) is 5.91 Å². The predicted molar refractivity (Wildman–Crippen MR) is 105 cm³/mol. The lowest BCUT2D eigenvalue weighted by Gasteiger charge is -2.35. The fourth-order valence-electron chi connectivity index (χ4n) is 3.33. The van der Waals surface area contributed by atoms with Gasteiger partial charge in [0, 0.05) is 43.6 Å². The van der Waals surface area contributed by atoms with Crippen LogP contribution in [0.3, 0.4) is 0 Å². The van der Waals surface area contributed by atoms with Crippen LogP contribution in [0.1, 0.15) is 23.1 Å². The van der Waals surface area contributed by atoms with Crippen LogP contribution in [0.2, 0.25) is 0 Å². The van der Waals surface area contributed by atoms with E-state index in [1.807, 2.05) is 17.0 Å². The van der Waals surface area contributed by atoms with E-state index in [2.05, 4.69) is 64.2 Å². The Balaban J connectivity index is 1.44. The Kier molecular flexibility index (Phi) is 6.27. The second-order valence-electron chi connectivity index (χ2n) is 6.78. The Labute approximate surface area is 158 Å². The van der Waals surface area contributed by atoms with Crippen LogP contribution in [-0.4, -0.2) is 41.9 Å². The van der Waals surface area contributed by atoms with Gasteiger partial charge in [-0.25, -0.2) is 0 Å². The Morgan fingerprint density at radius 1 is 1.00 bits per heavy atom. The summed E-state index contributed by atoms with van der Waals surface area (Å²) in [5.41, 5.74) is 3.87. The number of hydrogen-bond donors (Lipinski definition) is 0. The SMILES string of the molecule is Cc1cccc(CN2CCN(C(=O)CCc3cccc(Br)c3)CC2)c1. The molecule has 1 saturated heterocycles. The molecule has 1 fully saturated rings. The van der Waals surface area contributed by atoms with Gasteiger partial charge in [0.05, 0.1) is 0 Å². The lowest BCUT2D eigenvalue weighted by atomic mass is 10.1. The topological polar surface area (TPSA) is 23.6 Å². The van der Waals surface area contributed by atoms with E-state index < -0.39 is 0 Å². The molecule has 0 aliphatic carbocycles. The Morgan fingerprint density at radius 2 is 1.72 bits per heavy atom. The van der Waals surface area contributed by atoms with Crippen molar-refractivity contribution in [3.05, 3.63) is 69.7 Å². The number of benzene rings is 2. The van der Waals surface area contributed by atoms with Gasteiger partial charge < -0.3 is 4.90 Å². The highest BCUT2D eigenvalue weighted by atomic mass is 79.9. The molecule has 0 bridgehead atoms. The molecule has 2 aromatic rings. The van der Waals surface area contributed by atoms with E-state index in [1.54, 1.807) is 0 Å². The zero-order valence-electron chi connectivity index (χ0n) is 14.7. The summed E-state index contributed by atoms with van der Waals surface area (Å²) in [5, 5.41) is 0. The average molecular weight is 401 g/mol. The third-order valence-electron chi connectivity index (χ3n) is 4.73. The molecule has 2 aromatic carbocycles. The van der Waals surface area contributed by atoms with Gasteiger partial charge in [-0.3, -0.25) is 9.69 Å². The zero-order chi connectivity index (χ0) is 17.6. The van der Waals surface area contributed by atoms with Crippen molar-refractivity contribution in [3.63, 3.8) is 0 Å². The van der Waals surface area contributed by atoms with Gasteiger partial charge in [0.15, 0.2) is 0 Å². The van der Waals surface area contributed by atoms with Crippen LogP contribution in [0.15, 0.2) is 53.0 Å². The summed E-state index contributed by atoms with van der Waals surface area (Å²) in [5.74, 6) is 0.273. The lowest BCUT2D eigenvalue weighted by Crippen LogP contribution is -2.48. The van der Waals surface area contributed by atoms with Crippen molar-refractivity contribution in [2.45, 2.75) is 26.3 Å². The maximum atomic E-state index is 12.5. The van der Waals surface area contributed by atoms with Crippen LogP contribution in [-0.2, 0) is 17.8 Å². The molecule has 0 spiro atoms. The van der Waals surface area contributed by atoms with Gasteiger partial charge >= 0.3 is 0 Å². The summed E-state index contributed by atoms with van der Waals surface area (Å²) in [4.78, 5) is 16.9. The number of piperazine rings is 1. The van der Waals surface area contributed by atoms with Crippen LogP contribution < -0.4 is 0 Å². The summed E-state index contributed by atoms with van der Waals surface area (Å²) in [6.45, 7) is 6.69. The second-order valence-corrected chi connectivity index (χ2v) is 7.69. The average Bonchev–Trinajstić information content (AvgIpc) is 2.60. The molecule has 0 saturated carbocycles. The molecule has 1 heterocycles. The van der Waals surface area contributed by atoms with Crippen molar-refractivity contribution in [1.29, 1.82) is 0 Å². The molecular weight excluding hydrogens is 376 g/mol. The minimum atomic E-state index is 0.273. The number of nitrogens with zero attached hydrogens (tertiary/aromatic N) is 2. The van der Waals surface area contributed by atoms with Crippen molar-refractivity contribution in [3.8, 4) is 0 Å². The largest absolute Gasteiger partial charge is 0.340 e. The number of aryl methyl sites for hydroxylation is 2. The normalized spacial score (nSPS) is 15.4. The summed E-state index contributed by atoms with van der Waals surface area (Å²) in [7, 11) is 0. The molecule has 1 aliphatic heterocycles. The summed E-state index contributed by atoms with van der Waals surface area (Å²) >= 11 is 3.48. The number of hydrogen-bond acceptors (Lipinski definition) is 2. The first-order valence-electron chi connectivity index (χ1n) is 8.90. The smallest absolute Gasteiger partial charge is 0.222 e. The number of carbonyl (C=O) groups is 1. The molecule has 3 nitrogen and oxygen atoms in total. The minimum absolute atomic E-state index is 0.273. The van der Waals surface area contributed by atoms with Crippen molar-refractivity contribution in [1.82, 2.24) is 9.80 Å². The molecule has 0 unspecified atom stereocenters. The van der Waals surface area contributed by atoms with Crippen LogP contribution >= 0.6 is 15.9 Å². The van der Waals surface area contributed by atoms with Gasteiger partial charge in [0.2, 0.25) is 5.91 Å². The van der Waals surface area contributed by atoms with Gasteiger partial charge in [0.25, 0.3) is 0 Å². The number of carbonyl (C=O) groups excluding carboxylic acids is 1. The molecule has 25 heavy (non-hydrogen) atoms. The maximum absolute atomic E-state index is 12.5. The Morgan fingerprint density at radius 3 is 2.44 bits per heavy atom. The quantitative estimate of drug-likeness (QED) is 0.755. The predicted octanol–water partition coefficient (Wildman–Crippen LogP) is 4.03. The first-order chi connectivity index (χ1) is 12.1. The number of rotatable bonds is 5. The summed E-state index contributed by atoms with van der Waals surface area (Å²) in [6, 6.07) is 16.9. The van der Waals surface area contributed by atoms with E-state index in [4.69, 9.17) is 0 Å². The molecule has 132 valence electrons. The van der Waals surface area contributed by atoms with E-state index in [0.29, 0.717) is 6.42 Å². The van der Waals surface area contributed by atoms with E-state index >= 15 is 0 Å². The fourth-order valence-corrected chi connectivity index (χ4v) is 3.77. The Hall–Kier alpha value is -1.65. The third-order valence-corrected chi connectivity index (χ3v) is 5.22.